The summed E-state index contributed by atoms with van der Waals surface area (Å²) in [5.74, 6) is 0.562. The van der Waals surface area contributed by atoms with Crippen LogP contribution in [0.15, 0.2) is 90.3 Å². The molecule has 0 aliphatic heterocycles. The van der Waals surface area contributed by atoms with Crippen LogP contribution in [-0.2, 0) is 0 Å². The summed E-state index contributed by atoms with van der Waals surface area (Å²) in [6, 6.07) is 23.7. The van der Waals surface area contributed by atoms with Crippen LogP contribution in [0.5, 0.6) is 0 Å². The fourth-order valence-electron chi connectivity index (χ4n) is 2.78. The van der Waals surface area contributed by atoms with Crippen LogP contribution >= 0.6 is 11.6 Å². The highest BCUT2D eigenvalue weighted by Crippen LogP contribution is 2.25. The predicted molar refractivity (Wildman–Crippen MR) is 111 cm³/mol. The van der Waals surface area contributed by atoms with Crippen molar-refractivity contribution in [2.24, 2.45) is 5.10 Å². The summed E-state index contributed by atoms with van der Waals surface area (Å²) in [6.45, 7) is 0. The van der Waals surface area contributed by atoms with E-state index >= 15 is 0 Å². The predicted octanol–water partition coefficient (Wildman–Crippen LogP) is 4.20. The number of rotatable bonds is 5. The first-order chi connectivity index (χ1) is 13.7. The van der Waals surface area contributed by atoms with Crippen molar-refractivity contribution >= 4 is 23.0 Å². The number of halogens is 1. The van der Waals surface area contributed by atoms with Gasteiger partial charge in [-0.2, -0.15) is 10.2 Å². The molecule has 0 fully saturated rings. The topological polar surface area (TPSA) is 59.2 Å². The number of benzene rings is 2. The number of hydrogen-bond donors (Lipinski definition) is 0. The van der Waals surface area contributed by atoms with Crippen LogP contribution in [0.3, 0.4) is 0 Å². The van der Waals surface area contributed by atoms with Gasteiger partial charge in [-0.15, -0.1) is 10.2 Å². The lowest BCUT2D eigenvalue weighted by Gasteiger charge is -2.17. The molecule has 0 unspecified atom stereocenters. The molecule has 0 atom stereocenters. The molecule has 0 N–H and O–H groups in total. The van der Waals surface area contributed by atoms with Crippen molar-refractivity contribution in [1.29, 1.82) is 0 Å². The van der Waals surface area contributed by atoms with E-state index < -0.39 is 0 Å². The summed E-state index contributed by atoms with van der Waals surface area (Å²) in [4.78, 5) is 0. The summed E-state index contributed by atoms with van der Waals surface area (Å²) in [6.07, 6.45) is 3.48. The zero-order valence-corrected chi connectivity index (χ0v) is 15.9. The van der Waals surface area contributed by atoms with Crippen molar-refractivity contribution in [3.63, 3.8) is 0 Å². The second kappa shape index (κ2) is 8.02. The van der Waals surface area contributed by atoms with E-state index in [1.54, 1.807) is 28.2 Å². The molecule has 0 aliphatic rings. The first-order valence-electron chi connectivity index (χ1n) is 8.69. The fourth-order valence-corrected chi connectivity index (χ4v) is 2.99. The van der Waals surface area contributed by atoms with Gasteiger partial charge < -0.3 is 0 Å². The highest BCUT2D eigenvalue weighted by atomic mass is 35.5. The second-order valence-corrected chi connectivity index (χ2v) is 6.39. The number of hydrogen-bond acceptors (Lipinski definition) is 5. The summed E-state index contributed by atoms with van der Waals surface area (Å²) >= 11 is 6.31. The highest BCUT2D eigenvalue weighted by molar-refractivity contribution is 6.32. The smallest absolute Gasteiger partial charge is 0.177 e. The monoisotopic (exact) mass is 388 g/mol. The molecule has 2 heterocycles. The third-order valence-electron chi connectivity index (χ3n) is 4.15. The first-order valence-corrected chi connectivity index (χ1v) is 9.06. The van der Waals surface area contributed by atoms with Gasteiger partial charge in [0.1, 0.15) is 5.69 Å². The van der Waals surface area contributed by atoms with Crippen molar-refractivity contribution in [3.8, 4) is 5.82 Å². The van der Waals surface area contributed by atoms with Crippen molar-refractivity contribution in [1.82, 2.24) is 20.0 Å². The minimum absolute atomic E-state index is 0.266. The molecule has 2 aromatic carbocycles. The lowest BCUT2D eigenvalue weighted by Crippen LogP contribution is -2.16. The molecule has 0 radical (unpaired) electrons. The standard InChI is InChI=1S/C21H17ClN6/c1-27(18-15-19(24-25-21(18)22)28-14-8-13-23-28)26-20(16-9-4-2-5-10-16)17-11-6-3-7-12-17/h2-15H,1H3. The molecular formula is C21H17ClN6. The molecule has 0 amide bonds. The van der Waals surface area contributed by atoms with Crippen molar-refractivity contribution < 1.29 is 0 Å². The summed E-state index contributed by atoms with van der Waals surface area (Å²) < 4.78 is 1.62. The van der Waals surface area contributed by atoms with E-state index in [1.165, 1.54) is 0 Å². The molecule has 0 spiro atoms. The third-order valence-corrected chi connectivity index (χ3v) is 4.42. The Morgan fingerprint density at radius 1 is 0.929 bits per heavy atom. The van der Waals surface area contributed by atoms with Crippen LogP contribution in [0.4, 0.5) is 5.69 Å². The average Bonchev–Trinajstić information content (AvgIpc) is 3.28. The molecule has 0 aliphatic carbocycles. The van der Waals surface area contributed by atoms with E-state index in [2.05, 4.69) is 15.3 Å². The lowest BCUT2D eigenvalue weighted by atomic mass is 10.0. The molecule has 0 bridgehead atoms. The average molecular weight is 389 g/mol. The molecular weight excluding hydrogens is 372 g/mol. The molecule has 4 aromatic rings. The Hall–Kier alpha value is -3.51. The normalized spacial score (nSPS) is 10.5. The van der Waals surface area contributed by atoms with Gasteiger partial charge in [0.25, 0.3) is 0 Å². The minimum Gasteiger partial charge on any atom is -0.265 e. The van der Waals surface area contributed by atoms with E-state index in [4.69, 9.17) is 16.7 Å². The maximum absolute atomic E-state index is 6.31. The van der Waals surface area contributed by atoms with Crippen LogP contribution < -0.4 is 5.01 Å². The minimum atomic E-state index is 0.266. The Balaban J connectivity index is 1.78. The third kappa shape index (κ3) is 3.77. The molecule has 2 aromatic heterocycles. The van der Waals surface area contributed by atoms with E-state index in [0.29, 0.717) is 11.5 Å². The van der Waals surface area contributed by atoms with Gasteiger partial charge in [-0.1, -0.05) is 72.3 Å². The summed E-state index contributed by atoms with van der Waals surface area (Å²) in [5.41, 5.74) is 3.47. The van der Waals surface area contributed by atoms with Crippen LogP contribution in [0.2, 0.25) is 5.15 Å². The molecule has 138 valence electrons. The van der Waals surface area contributed by atoms with E-state index in [0.717, 1.165) is 16.8 Å². The number of aromatic nitrogens is 4. The van der Waals surface area contributed by atoms with Gasteiger partial charge in [-0.3, -0.25) is 5.01 Å². The van der Waals surface area contributed by atoms with Crippen molar-refractivity contribution in [3.05, 3.63) is 101 Å². The van der Waals surface area contributed by atoms with Gasteiger partial charge in [0, 0.05) is 36.6 Å². The quantitative estimate of drug-likeness (QED) is 0.379. The Morgan fingerprint density at radius 3 is 2.14 bits per heavy atom. The zero-order valence-electron chi connectivity index (χ0n) is 15.1. The van der Waals surface area contributed by atoms with Gasteiger partial charge in [-0.25, -0.2) is 4.68 Å². The number of nitrogens with zero attached hydrogens (tertiary/aromatic N) is 6. The number of hydrazone groups is 1. The highest BCUT2D eigenvalue weighted by Gasteiger charge is 2.14. The zero-order chi connectivity index (χ0) is 19.3. The van der Waals surface area contributed by atoms with Gasteiger partial charge in [-0.05, 0) is 6.07 Å². The van der Waals surface area contributed by atoms with Crippen LogP contribution in [0.1, 0.15) is 11.1 Å². The van der Waals surface area contributed by atoms with Gasteiger partial charge in [0.2, 0.25) is 0 Å². The second-order valence-electron chi connectivity index (χ2n) is 6.03. The van der Waals surface area contributed by atoms with Crippen LogP contribution in [-0.4, -0.2) is 32.7 Å². The number of anilines is 1. The molecule has 7 heteroatoms. The SMILES string of the molecule is CN(N=C(c1ccccc1)c1ccccc1)c1cc(-n2cccn2)nnc1Cl. The van der Waals surface area contributed by atoms with Gasteiger partial charge in [0.15, 0.2) is 11.0 Å². The Kier molecular flexibility index (Phi) is 5.12. The van der Waals surface area contributed by atoms with Crippen LogP contribution in [0, 0.1) is 0 Å². The Morgan fingerprint density at radius 2 is 1.57 bits per heavy atom. The van der Waals surface area contributed by atoms with E-state index in [1.807, 2.05) is 73.8 Å². The molecule has 6 nitrogen and oxygen atoms in total. The molecule has 0 saturated heterocycles. The summed E-state index contributed by atoms with van der Waals surface area (Å²) in [7, 11) is 1.83. The van der Waals surface area contributed by atoms with Crippen molar-refractivity contribution in [2.45, 2.75) is 0 Å². The largest absolute Gasteiger partial charge is 0.265 e. The van der Waals surface area contributed by atoms with Crippen molar-refractivity contribution in [2.75, 3.05) is 12.1 Å². The molecule has 28 heavy (non-hydrogen) atoms. The van der Waals surface area contributed by atoms with Crippen LogP contribution in [0.25, 0.3) is 5.82 Å². The van der Waals surface area contributed by atoms with E-state index in [-0.39, 0.29) is 5.15 Å². The Labute approximate surface area is 167 Å². The Bertz CT molecular complexity index is 1040. The molecule has 0 saturated carbocycles. The van der Waals surface area contributed by atoms with Gasteiger partial charge in [0.05, 0.1) is 5.71 Å². The maximum atomic E-state index is 6.31. The maximum Gasteiger partial charge on any atom is 0.177 e. The fraction of sp³-hybridized carbons (Fsp3) is 0.0476. The summed E-state index contributed by atoms with van der Waals surface area (Å²) in [5, 5.41) is 19.2. The van der Waals surface area contributed by atoms with E-state index in [9.17, 15) is 0 Å². The molecule has 4 rings (SSSR count). The van der Waals surface area contributed by atoms with Gasteiger partial charge >= 0.3 is 0 Å². The first kappa shape index (κ1) is 17.9. The lowest BCUT2D eigenvalue weighted by molar-refractivity contribution is 0.810.